The van der Waals surface area contributed by atoms with Gasteiger partial charge < -0.3 is 9.84 Å². The van der Waals surface area contributed by atoms with Crippen molar-refractivity contribution in [3.8, 4) is 5.75 Å². The third-order valence-electron chi connectivity index (χ3n) is 3.57. The molecule has 1 aliphatic rings. The van der Waals surface area contributed by atoms with Gasteiger partial charge in [-0.2, -0.15) is 0 Å². The molecule has 4 nitrogen and oxygen atoms in total. The van der Waals surface area contributed by atoms with Crippen molar-refractivity contribution in [3.63, 3.8) is 0 Å². The zero-order chi connectivity index (χ0) is 14.4. The maximum Gasteiger partial charge on any atom is 0.335 e. The first kappa shape index (κ1) is 12.3. The van der Waals surface area contributed by atoms with E-state index in [1.807, 2.05) is 18.2 Å². The highest BCUT2D eigenvalue weighted by molar-refractivity contribution is 7.18. The molecule has 3 aromatic rings. The highest BCUT2D eigenvalue weighted by atomic mass is 32.1. The van der Waals surface area contributed by atoms with E-state index in [9.17, 15) is 4.79 Å². The molecule has 1 unspecified atom stereocenters. The Bertz CT molecular complexity index is 831. The van der Waals surface area contributed by atoms with Crippen LogP contribution in [-0.2, 0) is 6.42 Å². The summed E-state index contributed by atoms with van der Waals surface area (Å²) in [5.41, 5.74) is 2.29. The zero-order valence-corrected chi connectivity index (χ0v) is 11.8. The molecule has 5 heteroatoms. The molecule has 4 rings (SSSR count). The van der Waals surface area contributed by atoms with E-state index >= 15 is 0 Å². The average Bonchev–Trinajstić information content (AvgIpc) is 3.09. The van der Waals surface area contributed by atoms with Gasteiger partial charge in [0.25, 0.3) is 0 Å². The van der Waals surface area contributed by atoms with Crippen molar-refractivity contribution in [2.24, 2.45) is 0 Å². The van der Waals surface area contributed by atoms with Crippen LogP contribution in [0.2, 0.25) is 0 Å². The second-order valence-electron chi connectivity index (χ2n) is 4.96. The number of carbonyl (C=O) groups is 1. The minimum Gasteiger partial charge on any atom is -0.483 e. The predicted octanol–water partition coefficient (Wildman–Crippen LogP) is 3.67. The van der Waals surface area contributed by atoms with Crippen LogP contribution in [0.4, 0.5) is 0 Å². The van der Waals surface area contributed by atoms with Crippen LogP contribution in [0.3, 0.4) is 0 Å². The molecular weight excluding hydrogens is 286 g/mol. The molecule has 1 atom stereocenters. The molecule has 0 aliphatic carbocycles. The van der Waals surface area contributed by atoms with Crippen molar-refractivity contribution in [1.82, 2.24) is 4.98 Å². The van der Waals surface area contributed by atoms with Gasteiger partial charge >= 0.3 is 5.97 Å². The fourth-order valence-corrected chi connectivity index (χ4v) is 3.57. The van der Waals surface area contributed by atoms with E-state index in [-0.39, 0.29) is 11.7 Å². The Labute approximate surface area is 124 Å². The van der Waals surface area contributed by atoms with Gasteiger partial charge in [0, 0.05) is 6.42 Å². The second kappa shape index (κ2) is 4.56. The SMILES string of the molecule is O=C(O)c1ccc2nc(C3Cc4ccccc4O3)sc2c1. The number of hydrogen-bond donors (Lipinski definition) is 1. The van der Waals surface area contributed by atoms with E-state index in [2.05, 4.69) is 11.1 Å². The van der Waals surface area contributed by atoms with Crippen LogP contribution in [0.25, 0.3) is 10.2 Å². The van der Waals surface area contributed by atoms with Gasteiger partial charge in [-0.05, 0) is 29.8 Å². The third-order valence-corrected chi connectivity index (χ3v) is 4.68. The molecule has 2 heterocycles. The Morgan fingerprint density at radius 2 is 2.14 bits per heavy atom. The van der Waals surface area contributed by atoms with E-state index in [0.29, 0.717) is 0 Å². The van der Waals surface area contributed by atoms with Crippen LogP contribution in [0.5, 0.6) is 5.75 Å². The normalized spacial score (nSPS) is 16.7. The highest BCUT2D eigenvalue weighted by Gasteiger charge is 2.26. The number of ether oxygens (including phenoxy) is 1. The topological polar surface area (TPSA) is 59.4 Å². The van der Waals surface area contributed by atoms with E-state index in [4.69, 9.17) is 9.84 Å². The maximum absolute atomic E-state index is 11.0. The number of benzene rings is 2. The summed E-state index contributed by atoms with van der Waals surface area (Å²) >= 11 is 1.50. The van der Waals surface area contributed by atoms with Crippen LogP contribution in [0.1, 0.15) is 27.0 Å². The molecule has 2 aromatic carbocycles. The van der Waals surface area contributed by atoms with Gasteiger partial charge in [0.05, 0.1) is 15.8 Å². The number of thiazole rings is 1. The Kier molecular flexibility index (Phi) is 2.68. The molecule has 0 amide bonds. The van der Waals surface area contributed by atoms with Gasteiger partial charge in [-0.3, -0.25) is 0 Å². The van der Waals surface area contributed by atoms with Gasteiger partial charge in [-0.1, -0.05) is 18.2 Å². The molecule has 0 bridgehead atoms. The number of hydrogen-bond acceptors (Lipinski definition) is 4. The Morgan fingerprint density at radius 3 is 2.95 bits per heavy atom. The number of carboxylic acids is 1. The molecule has 1 N–H and O–H groups in total. The fraction of sp³-hybridized carbons (Fsp3) is 0.125. The van der Waals surface area contributed by atoms with Crippen molar-refractivity contribution in [2.75, 3.05) is 0 Å². The Morgan fingerprint density at radius 1 is 1.29 bits per heavy atom. The lowest BCUT2D eigenvalue weighted by Crippen LogP contribution is -2.01. The summed E-state index contributed by atoms with van der Waals surface area (Å²) in [5, 5.41) is 9.93. The Balaban J connectivity index is 1.71. The van der Waals surface area contributed by atoms with Crippen molar-refractivity contribution in [1.29, 1.82) is 0 Å². The van der Waals surface area contributed by atoms with Crippen LogP contribution in [0, 0.1) is 0 Å². The van der Waals surface area contributed by atoms with Crippen molar-refractivity contribution >= 4 is 27.5 Å². The van der Waals surface area contributed by atoms with Gasteiger partial charge in [0.1, 0.15) is 10.8 Å². The largest absolute Gasteiger partial charge is 0.483 e. The van der Waals surface area contributed by atoms with E-state index < -0.39 is 5.97 Å². The van der Waals surface area contributed by atoms with Crippen molar-refractivity contribution in [2.45, 2.75) is 12.5 Å². The molecule has 0 radical (unpaired) electrons. The summed E-state index contributed by atoms with van der Waals surface area (Å²) in [7, 11) is 0. The van der Waals surface area contributed by atoms with E-state index in [1.165, 1.54) is 16.9 Å². The molecule has 0 saturated heterocycles. The maximum atomic E-state index is 11.0. The number of aromatic nitrogens is 1. The number of rotatable bonds is 2. The van der Waals surface area contributed by atoms with Crippen LogP contribution >= 0.6 is 11.3 Å². The van der Waals surface area contributed by atoms with Crippen LogP contribution in [0.15, 0.2) is 42.5 Å². The number of carboxylic acid groups (broad SMARTS) is 1. The zero-order valence-electron chi connectivity index (χ0n) is 10.9. The second-order valence-corrected chi connectivity index (χ2v) is 6.02. The van der Waals surface area contributed by atoms with E-state index in [0.717, 1.165) is 27.4 Å². The quantitative estimate of drug-likeness (QED) is 0.784. The molecule has 1 aliphatic heterocycles. The molecule has 0 saturated carbocycles. The standard InChI is InChI=1S/C16H11NO3S/c18-16(19)10-5-6-11-14(8-10)21-15(17-11)13-7-9-3-1-2-4-12(9)20-13/h1-6,8,13H,7H2,(H,18,19). The summed E-state index contributed by atoms with van der Waals surface area (Å²) < 4.78 is 6.81. The number of para-hydroxylation sites is 1. The average molecular weight is 297 g/mol. The van der Waals surface area contributed by atoms with Gasteiger partial charge in [0.2, 0.25) is 0 Å². The monoisotopic (exact) mass is 297 g/mol. The molecule has 0 fully saturated rings. The first-order valence-electron chi connectivity index (χ1n) is 6.59. The summed E-state index contributed by atoms with van der Waals surface area (Å²) in [4.78, 5) is 15.6. The summed E-state index contributed by atoms with van der Waals surface area (Å²) in [6.45, 7) is 0. The van der Waals surface area contributed by atoms with Crippen molar-refractivity contribution in [3.05, 3.63) is 58.6 Å². The fourth-order valence-electron chi connectivity index (χ4n) is 2.53. The lowest BCUT2D eigenvalue weighted by molar-refractivity contribution is 0.0697. The van der Waals surface area contributed by atoms with Gasteiger partial charge in [0.15, 0.2) is 6.10 Å². The smallest absolute Gasteiger partial charge is 0.335 e. The lowest BCUT2D eigenvalue weighted by atomic mass is 10.1. The molecule has 1 aromatic heterocycles. The first-order valence-corrected chi connectivity index (χ1v) is 7.41. The summed E-state index contributed by atoms with van der Waals surface area (Å²) in [5.74, 6) is -0.00986. The lowest BCUT2D eigenvalue weighted by Gasteiger charge is -2.05. The predicted molar refractivity (Wildman–Crippen MR) is 80.1 cm³/mol. The van der Waals surface area contributed by atoms with Gasteiger partial charge in [-0.25, -0.2) is 9.78 Å². The third kappa shape index (κ3) is 2.06. The van der Waals surface area contributed by atoms with Gasteiger partial charge in [-0.15, -0.1) is 11.3 Å². The summed E-state index contributed by atoms with van der Waals surface area (Å²) in [6.07, 6.45) is 0.731. The molecule has 104 valence electrons. The molecule has 0 spiro atoms. The Hall–Kier alpha value is -2.40. The van der Waals surface area contributed by atoms with Crippen LogP contribution < -0.4 is 4.74 Å². The van der Waals surface area contributed by atoms with Crippen molar-refractivity contribution < 1.29 is 14.6 Å². The number of fused-ring (bicyclic) bond motifs is 2. The molecule has 21 heavy (non-hydrogen) atoms. The first-order chi connectivity index (χ1) is 10.2. The van der Waals surface area contributed by atoms with Crippen LogP contribution in [-0.4, -0.2) is 16.1 Å². The molecular formula is C16H11NO3S. The summed E-state index contributed by atoms with van der Waals surface area (Å²) in [6, 6.07) is 13.0. The highest BCUT2D eigenvalue weighted by Crippen LogP contribution is 2.39. The number of aromatic carboxylic acids is 1. The number of nitrogens with zero attached hydrogens (tertiary/aromatic N) is 1. The van der Waals surface area contributed by atoms with E-state index in [1.54, 1.807) is 18.2 Å². The minimum absolute atomic E-state index is 0.0759. The minimum atomic E-state index is -0.920.